The Morgan fingerprint density at radius 3 is 2.47 bits per heavy atom. The van der Waals surface area contributed by atoms with Crippen molar-refractivity contribution in [3.8, 4) is 5.75 Å². The van der Waals surface area contributed by atoms with Crippen molar-refractivity contribution in [1.29, 1.82) is 0 Å². The molecule has 1 heterocycles. The fourth-order valence-corrected chi connectivity index (χ4v) is 4.58. The van der Waals surface area contributed by atoms with Crippen LogP contribution in [0, 0.1) is 15.9 Å². The van der Waals surface area contributed by atoms with Crippen LogP contribution < -0.4 is 9.64 Å². The maximum absolute atomic E-state index is 13.1. The molecular formula is C24H14F4N2O4S2. The minimum Gasteiger partial charge on any atom is -0.488 e. The number of carbonyl (C=O) groups is 1. The lowest BCUT2D eigenvalue weighted by Crippen LogP contribution is -2.27. The summed E-state index contributed by atoms with van der Waals surface area (Å²) in [6, 6.07) is 13.5. The number of nitrogens with zero attached hydrogens (tertiary/aromatic N) is 2. The largest absolute Gasteiger partial charge is 0.488 e. The van der Waals surface area contributed by atoms with Gasteiger partial charge in [0.05, 0.1) is 21.1 Å². The van der Waals surface area contributed by atoms with Gasteiger partial charge >= 0.3 is 6.18 Å². The maximum atomic E-state index is 13.1. The molecule has 1 saturated heterocycles. The molecule has 184 valence electrons. The lowest BCUT2D eigenvalue weighted by Gasteiger charge is -2.16. The van der Waals surface area contributed by atoms with Crippen LogP contribution in [0.5, 0.6) is 5.75 Å². The molecule has 0 aliphatic carbocycles. The second kappa shape index (κ2) is 10.1. The fourth-order valence-electron chi connectivity index (χ4n) is 3.29. The summed E-state index contributed by atoms with van der Waals surface area (Å²) in [5.74, 6) is -0.896. The average Bonchev–Trinajstić information content (AvgIpc) is 3.11. The van der Waals surface area contributed by atoms with Gasteiger partial charge in [-0.3, -0.25) is 19.8 Å². The zero-order chi connectivity index (χ0) is 26.0. The molecule has 1 amide bonds. The molecule has 0 radical (unpaired) electrons. The van der Waals surface area contributed by atoms with Crippen LogP contribution in [0.15, 0.2) is 71.6 Å². The van der Waals surface area contributed by atoms with Gasteiger partial charge in [-0.15, -0.1) is 0 Å². The zero-order valence-corrected chi connectivity index (χ0v) is 19.6. The van der Waals surface area contributed by atoms with Gasteiger partial charge in [0, 0.05) is 17.7 Å². The standard InChI is InChI=1S/C24H14F4N2O4S2/c25-17-6-4-14(5-7-17)13-34-20-9-8-19(30(32)33)10-15(20)11-21-22(31)29(23(35)36-21)18-3-1-2-16(12-18)24(26,27)28/h1-12H,13H2. The van der Waals surface area contributed by atoms with E-state index in [0.717, 1.165) is 28.8 Å². The number of thiocarbonyl (C=S) groups is 1. The second-order valence-corrected chi connectivity index (χ2v) is 9.14. The first-order valence-electron chi connectivity index (χ1n) is 10.1. The van der Waals surface area contributed by atoms with Crippen molar-refractivity contribution in [1.82, 2.24) is 0 Å². The molecule has 0 atom stereocenters. The first-order chi connectivity index (χ1) is 17.0. The van der Waals surface area contributed by atoms with Gasteiger partial charge in [0.15, 0.2) is 4.32 Å². The topological polar surface area (TPSA) is 72.7 Å². The van der Waals surface area contributed by atoms with Crippen molar-refractivity contribution in [2.75, 3.05) is 4.90 Å². The number of ether oxygens (including phenoxy) is 1. The molecule has 0 bridgehead atoms. The summed E-state index contributed by atoms with van der Waals surface area (Å²) in [7, 11) is 0. The van der Waals surface area contributed by atoms with Gasteiger partial charge in [-0.1, -0.05) is 42.2 Å². The smallest absolute Gasteiger partial charge is 0.416 e. The Bertz CT molecular complexity index is 1390. The summed E-state index contributed by atoms with van der Waals surface area (Å²) in [5.41, 5.74) is -0.424. The highest BCUT2D eigenvalue weighted by Crippen LogP contribution is 2.39. The second-order valence-electron chi connectivity index (χ2n) is 7.46. The van der Waals surface area contributed by atoms with Crippen molar-refractivity contribution in [2.45, 2.75) is 12.8 Å². The van der Waals surface area contributed by atoms with Crippen LogP contribution in [0.2, 0.25) is 0 Å². The van der Waals surface area contributed by atoms with E-state index >= 15 is 0 Å². The molecule has 1 aliphatic rings. The van der Waals surface area contributed by atoms with E-state index in [4.69, 9.17) is 17.0 Å². The van der Waals surface area contributed by atoms with Gasteiger partial charge in [-0.05, 0) is 48.0 Å². The number of rotatable bonds is 6. The summed E-state index contributed by atoms with van der Waals surface area (Å²) in [5, 5.41) is 11.3. The monoisotopic (exact) mass is 534 g/mol. The normalized spacial score (nSPS) is 15.0. The van der Waals surface area contributed by atoms with Gasteiger partial charge < -0.3 is 4.74 Å². The van der Waals surface area contributed by atoms with E-state index in [9.17, 15) is 32.5 Å². The van der Waals surface area contributed by atoms with Crippen LogP contribution in [0.1, 0.15) is 16.7 Å². The van der Waals surface area contributed by atoms with Crippen molar-refractivity contribution >= 4 is 51.7 Å². The molecule has 1 fully saturated rings. The lowest BCUT2D eigenvalue weighted by atomic mass is 10.1. The average molecular weight is 535 g/mol. The Labute approximate surface area is 211 Å². The number of non-ortho nitro benzene ring substituents is 1. The molecule has 1 aliphatic heterocycles. The SMILES string of the molecule is O=C1C(=Cc2cc([N+](=O)[O-])ccc2OCc2ccc(F)cc2)SC(=S)N1c1cccc(C(F)(F)F)c1. The van der Waals surface area contributed by atoms with Crippen molar-refractivity contribution in [2.24, 2.45) is 0 Å². The predicted molar refractivity (Wildman–Crippen MR) is 131 cm³/mol. The van der Waals surface area contributed by atoms with Crippen LogP contribution in [0.3, 0.4) is 0 Å². The molecule has 0 saturated carbocycles. The Balaban J connectivity index is 1.66. The van der Waals surface area contributed by atoms with Gasteiger partial charge in [-0.25, -0.2) is 4.39 Å². The molecule has 6 nitrogen and oxygen atoms in total. The number of alkyl halides is 3. The molecule has 3 aromatic rings. The van der Waals surface area contributed by atoms with E-state index in [1.807, 2.05) is 0 Å². The maximum Gasteiger partial charge on any atom is 0.416 e. The van der Waals surface area contributed by atoms with Gasteiger partial charge in [0.25, 0.3) is 11.6 Å². The Morgan fingerprint density at radius 2 is 1.81 bits per heavy atom. The van der Waals surface area contributed by atoms with E-state index in [1.54, 1.807) is 0 Å². The number of hydrogen-bond donors (Lipinski definition) is 0. The number of benzene rings is 3. The van der Waals surface area contributed by atoms with Crippen LogP contribution in [-0.2, 0) is 17.6 Å². The molecule has 12 heteroatoms. The number of carbonyl (C=O) groups excluding carboxylic acids is 1. The minimum atomic E-state index is -4.61. The highest BCUT2D eigenvalue weighted by molar-refractivity contribution is 8.27. The molecule has 4 rings (SSSR count). The number of thioether (sulfide) groups is 1. The number of hydrogen-bond acceptors (Lipinski definition) is 6. The van der Waals surface area contributed by atoms with Crippen LogP contribution in [0.4, 0.5) is 28.9 Å². The predicted octanol–water partition coefficient (Wildman–Crippen LogP) is 6.74. The van der Waals surface area contributed by atoms with E-state index < -0.39 is 28.4 Å². The number of anilines is 1. The summed E-state index contributed by atoms with van der Waals surface area (Å²) in [4.78, 5) is 24.8. The molecule has 36 heavy (non-hydrogen) atoms. The van der Waals surface area contributed by atoms with E-state index in [-0.39, 0.29) is 38.5 Å². The fraction of sp³-hybridized carbons (Fsp3) is 0.0833. The summed E-state index contributed by atoms with van der Waals surface area (Å²) < 4.78 is 58.3. The Hall–Kier alpha value is -3.77. The number of nitro groups is 1. The van der Waals surface area contributed by atoms with Gasteiger partial charge in [0.1, 0.15) is 18.2 Å². The van der Waals surface area contributed by atoms with Crippen LogP contribution >= 0.6 is 24.0 Å². The number of halogens is 4. The lowest BCUT2D eigenvalue weighted by molar-refractivity contribution is -0.384. The summed E-state index contributed by atoms with van der Waals surface area (Å²) in [6.45, 7) is 0.0180. The van der Waals surface area contributed by atoms with E-state index in [0.29, 0.717) is 5.56 Å². The van der Waals surface area contributed by atoms with Crippen molar-refractivity contribution in [3.05, 3.63) is 104 Å². The highest BCUT2D eigenvalue weighted by Gasteiger charge is 2.36. The Morgan fingerprint density at radius 1 is 1.08 bits per heavy atom. The van der Waals surface area contributed by atoms with E-state index in [1.165, 1.54) is 60.7 Å². The third kappa shape index (κ3) is 5.55. The zero-order valence-electron chi connectivity index (χ0n) is 18.0. The number of amides is 1. The quantitative estimate of drug-likeness (QED) is 0.115. The molecular weight excluding hydrogens is 520 g/mol. The van der Waals surface area contributed by atoms with Crippen molar-refractivity contribution < 1.29 is 32.0 Å². The Kier molecular flexibility index (Phi) is 7.09. The van der Waals surface area contributed by atoms with E-state index in [2.05, 4.69) is 0 Å². The molecule has 0 unspecified atom stereocenters. The van der Waals surface area contributed by atoms with Crippen LogP contribution in [-0.4, -0.2) is 15.2 Å². The molecule has 0 N–H and O–H groups in total. The molecule has 0 aromatic heterocycles. The first-order valence-corrected chi connectivity index (χ1v) is 11.4. The third-order valence-electron chi connectivity index (χ3n) is 5.02. The van der Waals surface area contributed by atoms with Gasteiger partial charge in [0.2, 0.25) is 0 Å². The van der Waals surface area contributed by atoms with Crippen LogP contribution in [0.25, 0.3) is 6.08 Å². The summed E-state index contributed by atoms with van der Waals surface area (Å²) in [6.07, 6.45) is -3.27. The third-order valence-corrected chi connectivity index (χ3v) is 6.33. The highest BCUT2D eigenvalue weighted by atomic mass is 32.2. The molecule has 3 aromatic carbocycles. The first kappa shape index (κ1) is 25.3. The molecule has 0 spiro atoms. The summed E-state index contributed by atoms with van der Waals surface area (Å²) >= 11 is 6.08. The van der Waals surface area contributed by atoms with Gasteiger partial charge in [-0.2, -0.15) is 13.2 Å². The number of nitro benzene ring substituents is 1. The van der Waals surface area contributed by atoms with Crippen molar-refractivity contribution in [3.63, 3.8) is 0 Å². The minimum absolute atomic E-state index is 0.00443.